The highest BCUT2D eigenvalue weighted by Crippen LogP contribution is 2.16. The lowest BCUT2D eigenvalue weighted by Gasteiger charge is -2.23. The van der Waals surface area contributed by atoms with E-state index >= 15 is 0 Å². The van der Waals surface area contributed by atoms with Crippen LogP contribution in [0.1, 0.15) is 37.2 Å². The molecule has 6 heteroatoms. The smallest absolute Gasteiger partial charge is 0.0940 e. The van der Waals surface area contributed by atoms with Crippen molar-refractivity contribution >= 4 is 24.8 Å². The summed E-state index contributed by atoms with van der Waals surface area (Å²) in [5.74, 6) is 0. The molecule has 2 aromatic rings. The Morgan fingerprint density at radius 3 is 1.27 bits per heavy atom. The number of hydrogen-bond acceptors (Lipinski definition) is 4. The molecule has 0 radical (unpaired) electrons. The third-order valence-electron chi connectivity index (χ3n) is 4.29. The van der Waals surface area contributed by atoms with E-state index in [0.717, 1.165) is 24.2 Å². The minimum atomic E-state index is -0.529. The van der Waals surface area contributed by atoms with Gasteiger partial charge in [-0.3, -0.25) is 0 Å². The van der Waals surface area contributed by atoms with Gasteiger partial charge in [0.1, 0.15) is 0 Å². The summed E-state index contributed by atoms with van der Waals surface area (Å²) in [6, 6.07) is 19.2. The van der Waals surface area contributed by atoms with Gasteiger partial charge in [0.15, 0.2) is 0 Å². The van der Waals surface area contributed by atoms with E-state index in [1.165, 1.54) is 0 Å². The number of aliphatic hydroxyl groups is 2. The fourth-order valence-corrected chi connectivity index (χ4v) is 2.70. The molecule has 0 heterocycles. The summed E-state index contributed by atoms with van der Waals surface area (Å²) in [5, 5.41) is 27.3. The van der Waals surface area contributed by atoms with Gasteiger partial charge in [0.05, 0.1) is 12.2 Å². The second kappa shape index (κ2) is 13.1. The van der Waals surface area contributed by atoms with E-state index in [1.54, 1.807) is 0 Å². The number of rotatable bonds is 9. The molecule has 0 unspecified atom stereocenters. The highest BCUT2D eigenvalue weighted by atomic mass is 35.5. The number of halogens is 2. The SMILES string of the molecule is C[C@@H](NCCN[C@H](C)[C@@H](O)c1ccccc1)[C@@H](O)c1ccccc1.Cl.Cl. The molecular weight excluding hydrogens is 371 g/mol. The van der Waals surface area contributed by atoms with Crippen LogP contribution in [0.25, 0.3) is 0 Å². The van der Waals surface area contributed by atoms with Gasteiger partial charge in [-0.1, -0.05) is 60.7 Å². The largest absolute Gasteiger partial charge is 0.387 e. The Morgan fingerprint density at radius 1 is 0.654 bits per heavy atom. The molecule has 26 heavy (non-hydrogen) atoms. The van der Waals surface area contributed by atoms with Crippen molar-refractivity contribution in [2.75, 3.05) is 13.1 Å². The maximum atomic E-state index is 10.3. The third kappa shape index (κ3) is 7.62. The maximum Gasteiger partial charge on any atom is 0.0940 e. The van der Waals surface area contributed by atoms with Gasteiger partial charge in [0.25, 0.3) is 0 Å². The molecule has 0 saturated carbocycles. The van der Waals surface area contributed by atoms with Crippen LogP contribution in [0.5, 0.6) is 0 Å². The van der Waals surface area contributed by atoms with Crippen LogP contribution in [-0.4, -0.2) is 35.4 Å². The van der Waals surface area contributed by atoms with Gasteiger partial charge in [-0.25, -0.2) is 0 Å². The van der Waals surface area contributed by atoms with Gasteiger partial charge in [-0.05, 0) is 25.0 Å². The van der Waals surface area contributed by atoms with Crippen LogP contribution in [0.15, 0.2) is 60.7 Å². The molecule has 0 aliphatic heterocycles. The van der Waals surface area contributed by atoms with Crippen molar-refractivity contribution in [1.29, 1.82) is 0 Å². The van der Waals surface area contributed by atoms with Crippen LogP contribution in [0.4, 0.5) is 0 Å². The molecule has 0 amide bonds. The molecule has 0 fully saturated rings. The van der Waals surface area contributed by atoms with E-state index in [2.05, 4.69) is 10.6 Å². The predicted octanol–water partition coefficient (Wildman–Crippen LogP) is 3.25. The minimum Gasteiger partial charge on any atom is -0.387 e. The topological polar surface area (TPSA) is 64.5 Å². The summed E-state index contributed by atoms with van der Waals surface area (Å²) in [6.45, 7) is 5.38. The summed E-state index contributed by atoms with van der Waals surface area (Å²) >= 11 is 0. The Labute approximate surface area is 168 Å². The van der Waals surface area contributed by atoms with E-state index in [4.69, 9.17) is 0 Å². The molecule has 2 aromatic carbocycles. The average molecular weight is 401 g/mol. The van der Waals surface area contributed by atoms with Gasteiger partial charge in [-0.2, -0.15) is 0 Å². The lowest BCUT2D eigenvalue weighted by atomic mass is 10.0. The zero-order chi connectivity index (χ0) is 17.4. The highest BCUT2D eigenvalue weighted by molar-refractivity contribution is 5.85. The first-order valence-electron chi connectivity index (χ1n) is 8.52. The van der Waals surface area contributed by atoms with Crippen LogP contribution in [-0.2, 0) is 0 Å². The van der Waals surface area contributed by atoms with E-state index in [0.29, 0.717) is 0 Å². The molecule has 4 atom stereocenters. The fourth-order valence-electron chi connectivity index (χ4n) is 2.70. The normalized spacial score (nSPS) is 15.1. The third-order valence-corrected chi connectivity index (χ3v) is 4.29. The first-order chi connectivity index (χ1) is 11.6. The predicted molar refractivity (Wildman–Crippen MR) is 112 cm³/mol. The number of aliphatic hydroxyl groups excluding tert-OH is 2. The molecule has 0 saturated heterocycles. The summed E-state index contributed by atoms with van der Waals surface area (Å²) in [4.78, 5) is 0. The summed E-state index contributed by atoms with van der Waals surface area (Å²) in [6.07, 6.45) is -1.06. The van der Waals surface area contributed by atoms with Gasteiger partial charge in [0, 0.05) is 25.2 Å². The van der Waals surface area contributed by atoms with Crippen LogP contribution < -0.4 is 10.6 Å². The average Bonchev–Trinajstić information content (AvgIpc) is 2.65. The van der Waals surface area contributed by atoms with E-state index in [1.807, 2.05) is 74.5 Å². The summed E-state index contributed by atoms with van der Waals surface area (Å²) in [5.41, 5.74) is 1.83. The van der Waals surface area contributed by atoms with Crippen LogP contribution in [0, 0.1) is 0 Å². The van der Waals surface area contributed by atoms with Crippen molar-refractivity contribution in [2.45, 2.75) is 38.1 Å². The molecule has 0 aliphatic rings. The Hall–Kier alpha value is -1.14. The summed E-state index contributed by atoms with van der Waals surface area (Å²) < 4.78 is 0. The molecule has 2 rings (SSSR count). The zero-order valence-electron chi connectivity index (χ0n) is 15.2. The molecule has 146 valence electrons. The Balaban J connectivity index is 0.00000312. The van der Waals surface area contributed by atoms with Crippen molar-refractivity contribution in [2.24, 2.45) is 0 Å². The van der Waals surface area contributed by atoms with Gasteiger partial charge in [-0.15, -0.1) is 24.8 Å². The Kier molecular flexibility index (Phi) is 12.5. The lowest BCUT2D eigenvalue weighted by Crippen LogP contribution is -2.40. The van der Waals surface area contributed by atoms with Crippen LogP contribution >= 0.6 is 24.8 Å². The molecule has 0 bridgehead atoms. The minimum absolute atomic E-state index is 0. The number of benzene rings is 2. The molecule has 4 nitrogen and oxygen atoms in total. The van der Waals surface area contributed by atoms with Crippen LogP contribution in [0.3, 0.4) is 0 Å². The fraction of sp³-hybridized carbons (Fsp3) is 0.400. The highest BCUT2D eigenvalue weighted by Gasteiger charge is 2.17. The second-order valence-corrected chi connectivity index (χ2v) is 6.20. The van der Waals surface area contributed by atoms with Gasteiger partial charge in [0.2, 0.25) is 0 Å². The van der Waals surface area contributed by atoms with Crippen molar-refractivity contribution in [1.82, 2.24) is 10.6 Å². The molecule has 0 spiro atoms. The monoisotopic (exact) mass is 400 g/mol. The Bertz CT molecular complexity index is 533. The van der Waals surface area contributed by atoms with Crippen molar-refractivity contribution in [3.05, 3.63) is 71.8 Å². The van der Waals surface area contributed by atoms with Crippen molar-refractivity contribution < 1.29 is 10.2 Å². The van der Waals surface area contributed by atoms with Crippen LogP contribution in [0.2, 0.25) is 0 Å². The standard InChI is InChI=1S/C20H28N2O2.2ClH/c1-15(19(23)17-9-5-3-6-10-17)21-13-14-22-16(2)20(24)18-11-7-4-8-12-18;;/h3-12,15-16,19-24H,13-14H2,1-2H3;2*1H/t15-,16-,19-,20-;;/m1../s1. The quantitative estimate of drug-likeness (QED) is 0.487. The van der Waals surface area contributed by atoms with Crippen molar-refractivity contribution in [3.8, 4) is 0 Å². The zero-order valence-corrected chi connectivity index (χ0v) is 16.8. The molecule has 4 N–H and O–H groups in total. The maximum absolute atomic E-state index is 10.3. The van der Waals surface area contributed by atoms with E-state index < -0.39 is 12.2 Å². The summed E-state index contributed by atoms with van der Waals surface area (Å²) in [7, 11) is 0. The van der Waals surface area contributed by atoms with Gasteiger partial charge < -0.3 is 20.8 Å². The molecule has 0 aromatic heterocycles. The number of hydrogen-bond donors (Lipinski definition) is 4. The first kappa shape index (κ1) is 24.9. The van der Waals surface area contributed by atoms with E-state index in [9.17, 15) is 10.2 Å². The lowest BCUT2D eigenvalue weighted by molar-refractivity contribution is 0.129. The molecular formula is C20H30Cl2N2O2. The van der Waals surface area contributed by atoms with Crippen molar-refractivity contribution in [3.63, 3.8) is 0 Å². The van der Waals surface area contributed by atoms with E-state index in [-0.39, 0.29) is 36.9 Å². The Morgan fingerprint density at radius 2 is 0.962 bits per heavy atom. The first-order valence-corrected chi connectivity index (χ1v) is 8.52. The molecule has 0 aliphatic carbocycles. The number of nitrogens with one attached hydrogen (secondary N) is 2. The van der Waals surface area contributed by atoms with Gasteiger partial charge >= 0.3 is 0 Å². The second-order valence-electron chi connectivity index (χ2n) is 6.20.